The molecule has 0 radical (unpaired) electrons. The van der Waals surface area contributed by atoms with E-state index in [2.05, 4.69) is 41.8 Å². The molecule has 1 heterocycles. The third-order valence-electron chi connectivity index (χ3n) is 2.81. The zero-order valence-corrected chi connectivity index (χ0v) is 10.8. The summed E-state index contributed by atoms with van der Waals surface area (Å²) in [7, 11) is 0. The van der Waals surface area contributed by atoms with Crippen molar-refractivity contribution in [3.05, 3.63) is 54.4 Å². The van der Waals surface area contributed by atoms with E-state index >= 15 is 0 Å². The number of aryl methyl sites for hydroxylation is 2. The average molecular weight is 244 g/mol. The highest BCUT2D eigenvalue weighted by atomic mass is 16.5. The second-order valence-electron chi connectivity index (χ2n) is 4.46. The van der Waals surface area contributed by atoms with E-state index in [-0.39, 0.29) is 0 Å². The number of quaternary nitrogens is 1. The van der Waals surface area contributed by atoms with Gasteiger partial charge < -0.3 is 10.5 Å². The molecule has 94 valence electrons. The van der Waals surface area contributed by atoms with Gasteiger partial charge in [0.1, 0.15) is 11.4 Å². The van der Waals surface area contributed by atoms with Crippen molar-refractivity contribution in [2.24, 2.45) is 0 Å². The molecule has 0 saturated carbocycles. The van der Waals surface area contributed by atoms with Crippen molar-refractivity contribution >= 4 is 5.69 Å². The highest BCUT2D eigenvalue weighted by molar-refractivity contribution is 5.34. The van der Waals surface area contributed by atoms with E-state index in [1.165, 1.54) is 5.56 Å². The molecule has 0 aliphatic carbocycles. The van der Waals surface area contributed by atoms with Gasteiger partial charge in [0.2, 0.25) is 0 Å². The number of pyridine rings is 1. The molecule has 0 spiro atoms. The van der Waals surface area contributed by atoms with Gasteiger partial charge in [-0.2, -0.15) is 0 Å². The van der Waals surface area contributed by atoms with Crippen LogP contribution in [0.25, 0.3) is 0 Å². The molecule has 1 aromatic carbocycles. The second kappa shape index (κ2) is 6.17. The van der Waals surface area contributed by atoms with Crippen LogP contribution < -0.4 is 15.0 Å². The van der Waals surface area contributed by atoms with Crippen molar-refractivity contribution in [2.45, 2.75) is 19.9 Å². The Bertz CT molecular complexity index is 429. The van der Waals surface area contributed by atoms with Gasteiger partial charge in [0.25, 0.3) is 0 Å². The number of rotatable bonds is 5. The van der Waals surface area contributed by atoms with Crippen molar-refractivity contribution in [3.63, 3.8) is 0 Å². The maximum Gasteiger partial charge on any atom is 0.169 e. The number of hydrogen-bond donors (Lipinski definition) is 1. The van der Waals surface area contributed by atoms with Crippen LogP contribution in [0.1, 0.15) is 12.0 Å². The molecule has 0 saturated heterocycles. The number of ether oxygens (including phenoxy) is 1. The summed E-state index contributed by atoms with van der Waals surface area (Å²) in [4.78, 5) is 0. The fourth-order valence-electron chi connectivity index (χ4n) is 1.70. The fraction of sp³-hybridized carbons (Fsp3) is 0.267. The van der Waals surface area contributed by atoms with Crippen LogP contribution in [0.2, 0.25) is 0 Å². The third kappa shape index (κ3) is 3.86. The number of aromatic nitrogens is 1. The predicted molar refractivity (Wildman–Crippen MR) is 70.5 cm³/mol. The van der Waals surface area contributed by atoms with Gasteiger partial charge in [-0.3, -0.25) is 0 Å². The highest BCUT2D eigenvalue weighted by Crippen LogP contribution is 2.12. The maximum absolute atomic E-state index is 5.67. The second-order valence-corrected chi connectivity index (χ2v) is 4.46. The predicted octanol–water partition coefficient (Wildman–Crippen LogP) is 1.63. The van der Waals surface area contributed by atoms with Gasteiger partial charge in [-0.1, -0.05) is 0 Å². The van der Waals surface area contributed by atoms with Gasteiger partial charge in [-0.05, 0) is 24.6 Å². The van der Waals surface area contributed by atoms with Crippen LogP contribution in [0.5, 0.6) is 5.75 Å². The number of hydrogen-bond acceptors (Lipinski definition) is 1. The average Bonchev–Trinajstić information content (AvgIpc) is 2.39. The molecule has 3 nitrogen and oxygen atoms in total. The summed E-state index contributed by atoms with van der Waals surface area (Å²) in [5.74, 6) is 0.913. The first kappa shape index (κ1) is 12.6. The Morgan fingerprint density at radius 3 is 2.39 bits per heavy atom. The Hall–Kier alpha value is -1.87. The SMILES string of the molecule is Cc1cc[n+](CCCOc2ccc([NH3+])cc2)cc1. The topological polar surface area (TPSA) is 40.8 Å². The van der Waals surface area contributed by atoms with E-state index < -0.39 is 0 Å². The quantitative estimate of drug-likeness (QED) is 0.630. The minimum atomic E-state index is 0.733. The minimum Gasteiger partial charge on any atom is -0.493 e. The molecule has 0 unspecified atom stereocenters. The molecular formula is C15H20N2O+2. The summed E-state index contributed by atoms with van der Waals surface area (Å²) in [6, 6.07) is 12.1. The molecule has 0 fully saturated rings. The molecule has 1 aromatic heterocycles. The van der Waals surface area contributed by atoms with E-state index in [1.54, 1.807) is 0 Å². The molecule has 0 aliphatic heterocycles. The van der Waals surface area contributed by atoms with Crippen LogP contribution in [0.3, 0.4) is 0 Å². The molecule has 2 rings (SSSR count). The van der Waals surface area contributed by atoms with Crippen LogP contribution in [0.15, 0.2) is 48.8 Å². The van der Waals surface area contributed by atoms with Gasteiger partial charge in [-0.25, -0.2) is 4.57 Å². The lowest BCUT2D eigenvalue weighted by atomic mass is 10.3. The van der Waals surface area contributed by atoms with E-state index in [0.29, 0.717) is 0 Å². The molecule has 0 bridgehead atoms. The molecule has 0 amide bonds. The third-order valence-corrected chi connectivity index (χ3v) is 2.81. The molecule has 0 aliphatic rings. The Kier molecular flexibility index (Phi) is 4.31. The summed E-state index contributed by atoms with van der Waals surface area (Å²) in [6.45, 7) is 3.81. The van der Waals surface area contributed by atoms with Gasteiger partial charge in [0.15, 0.2) is 18.9 Å². The van der Waals surface area contributed by atoms with Crippen LogP contribution in [-0.4, -0.2) is 6.61 Å². The lowest BCUT2D eigenvalue weighted by Crippen LogP contribution is -2.39. The normalized spacial score (nSPS) is 10.3. The summed E-state index contributed by atoms with van der Waals surface area (Å²) in [5.41, 5.74) is 6.15. The fourth-order valence-corrected chi connectivity index (χ4v) is 1.70. The van der Waals surface area contributed by atoms with Crippen LogP contribution in [-0.2, 0) is 6.54 Å². The van der Waals surface area contributed by atoms with Crippen molar-refractivity contribution in [2.75, 3.05) is 6.61 Å². The van der Waals surface area contributed by atoms with Crippen molar-refractivity contribution < 1.29 is 15.0 Å². The summed E-state index contributed by atoms with van der Waals surface area (Å²) in [6.07, 6.45) is 5.21. The van der Waals surface area contributed by atoms with Gasteiger partial charge >= 0.3 is 0 Å². The van der Waals surface area contributed by atoms with Gasteiger partial charge in [-0.15, -0.1) is 0 Å². The highest BCUT2D eigenvalue weighted by Gasteiger charge is 2.00. The monoisotopic (exact) mass is 244 g/mol. The first-order valence-corrected chi connectivity index (χ1v) is 6.24. The van der Waals surface area contributed by atoms with Crippen molar-refractivity contribution in [1.82, 2.24) is 0 Å². The van der Waals surface area contributed by atoms with Gasteiger partial charge in [0, 0.05) is 30.7 Å². The Morgan fingerprint density at radius 2 is 1.72 bits per heavy atom. The number of benzene rings is 1. The Morgan fingerprint density at radius 1 is 1.06 bits per heavy atom. The molecule has 3 N–H and O–H groups in total. The van der Waals surface area contributed by atoms with E-state index in [0.717, 1.165) is 31.0 Å². The van der Waals surface area contributed by atoms with E-state index in [1.807, 2.05) is 24.3 Å². The smallest absolute Gasteiger partial charge is 0.169 e. The van der Waals surface area contributed by atoms with Crippen LogP contribution in [0, 0.1) is 6.92 Å². The zero-order valence-electron chi connectivity index (χ0n) is 10.8. The maximum atomic E-state index is 5.67. The van der Waals surface area contributed by atoms with E-state index in [9.17, 15) is 0 Å². The first-order valence-electron chi connectivity index (χ1n) is 6.24. The summed E-state index contributed by atoms with van der Waals surface area (Å²) in [5, 5.41) is 0. The van der Waals surface area contributed by atoms with Crippen LogP contribution in [0.4, 0.5) is 5.69 Å². The molecule has 2 aromatic rings. The Labute approximate surface area is 108 Å². The van der Waals surface area contributed by atoms with E-state index in [4.69, 9.17) is 4.74 Å². The van der Waals surface area contributed by atoms with Crippen molar-refractivity contribution in [1.29, 1.82) is 0 Å². The first-order chi connectivity index (χ1) is 8.74. The lowest BCUT2D eigenvalue weighted by molar-refractivity contribution is -0.697. The standard InChI is InChI=1S/C15H19N2O/c1-13-7-10-17(11-8-13)9-2-12-18-15-5-3-14(16)4-6-15/h3-8,10-11H,2,9,12,16H2,1H3/q+1/p+1. The number of nitrogens with zero attached hydrogens (tertiary/aromatic N) is 1. The molecule has 18 heavy (non-hydrogen) atoms. The Balaban J connectivity index is 1.73. The molecular weight excluding hydrogens is 224 g/mol. The largest absolute Gasteiger partial charge is 0.493 e. The summed E-state index contributed by atoms with van der Waals surface area (Å²) >= 11 is 0. The lowest BCUT2D eigenvalue weighted by Gasteiger charge is -2.04. The van der Waals surface area contributed by atoms with Crippen LogP contribution >= 0.6 is 0 Å². The minimum absolute atomic E-state index is 0.733. The van der Waals surface area contributed by atoms with Gasteiger partial charge in [0.05, 0.1) is 6.61 Å². The molecule has 3 heteroatoms. The molecule has 0 atom stereocenters. The van der Waals surface area contributed by atoms with Crippen molar-refractivity contribution in [3.8, 4) is 5.75 Å². The summed E-state index contributed by atoms with van der Waals surface area (Å²) < 4.78 is 7.84. The zero-order chi connectivity index (χ0) is 12.8.